The van der Waals surface area contributed by atoms with Gasteiger partial charge in [0.25, 0.3) is 0 Å². The number of halogens is 1. The van der Waals surface area contributed by atoms with Gasteiger partial charge < -0.3 is 4.74 Å². The van der Waals surface area contributed by atoms with Crippen LogP contribution in [0.2, 0.25) is 0 Å². The molecule has 0 fully saturated rings. The number of hydrogen-bond acceptors (Lipinski definition) is 2. The number of aryl methyl sites for hydroxylation is 3. The largest absolute Gasteiger partial charge is 0.426 e. The van der Waals surface area contributed by atoms with Gasteiger partial charge in [0.15, 0.2) is 0 Å². The first-order valence-electron chi connectivity index (χ1n) is 8.23. The molecule has 3 heteroatoms. The maximum Gasteiger partial charge on any atom is 0.311 e. The first kappa shape index (κ1) is 18.7. The average molecular weight is 389 g/mol. The van der Waals surface area contributed by atoms with Gasteiger partial charge in [0, 0.05) is 10.9 Å². The molecule has 0 aliphatic rings. The van der Waals surface area contributed by atoms with E-state index in [0.717, 1.165) is 21.2 Å². The minimum atomic E-state index is -0.191. The van der Waals surface area contributed by atoms with Crippen LogP contribution in [0.4, 0.5) is 0 Å². The van der Waals surface area contributed by atoms with Crippen molar-refractivity contribution in [2.24, 2.45) is 0 Å². The van der Waals surface area contributed by atoms with Crippen molar-refractivity contribution < 1.29 is 9.53 Å². The van der Waals surface area contributed by atoms with E-state index in [9.17, 15) is 4.79 Å². The van der Waals surface area contributed by atoms with E-state index in [1.807, 2.05) is 26.0 Å². The van der Waals surface area contributed by atoms with Gasteiger partial charge in [-0.15, -0.1) is 0 Å². The molecule has 0 atom stereocenters. The lowest BCUT2D eigenvalue weighted by atomic mass is 9.86. The molecule has 0 aliphatic carbocycles. The van der Waals surface area contributed by atoms with Crippen LogP contribution in [0, 0.1) is 13.8 Å². The van der Waals surface area contributed by atoms with Crippen LogP contribution in [0.3, 0.4) is 0 Å². The van der Waals surface area contributed by atoms with Crippen LogP contribution in [0.15, 0.2) is 40.9 Å². The van der Waals surface area contributed by atoms with Gasteiger partial charge in [0.2, 0.25) is 0 Å². The highest BCUT2D eigenvalue weighted by Gasteiger charge is 2.14. The molecule has 2 rings (SSSR count). The van der Waals surface area contributed by atoms with Gasteiger partial charge in [-0.1, -0.05) is 61.0 Å². The molecule has 0 saturated carbocycles. The molecule has 2 nitrogen and oxygen atoms in total. The normalized spacial score (nSPS) is 11.4. The molecule has 0 bridgehead atoms. The first-order chi connectivity index (χ1) is 11.2. The molecule has 0 unspecified atom stereocenters. The third-order valence-electron chi connectivity index (χ3n) is 4.08. The summed E-state index contributed by atoms with van der Waals surface area (Å²) >= 11 is 3.45. The van der Waals surface area contributed by atoms with E-state index in [0.29, 0.717) is 18.6 Å². The second-order valence-electron chi connectivity index (χ2n) is 7.29. The number of esters is 1. The Labute approximate surface area is 153 Å². The van der Waals surface area contributed by atoms with Crippen LogP contribution in [0.5, 0.6) is 5.75 Å². The third-order valence-corrected chi connectivity index (χ3v) is 4.54. The zero-order chi connectivity index (χ0) is 17.9. The lowest BCUT2D eigenvalue weighted by Gasteiger charge is -2.19. The molecule has 128 valence electrons. The van der Waals surface area contributed by atoms with Crippen molar-refractivity contribution in [3.63, 3.8) is 0 Å². The molecule has 0 heterocycles. The van der Waals surface area contributed by atoms with Crippen molar-refractivity contribution in [3.8, 4) is 5.75 Å². The van der Waals surface area contributed by atoms with Crippen LogP contribution < -0.4 is 4.74 Å². The van der Waals surface area contributed by atoms with E-state index in [1.165, 1.54) is 5.56 Å². The Morgan fingerprint density at radius 1 is 1.04 bits per heavy atom. The van der Waals surface area contributed by atoms with Gasteiger partial charge in [-0.3, -0.25) is 4.79 Å². The van der Waals surface area contributed by atoms with Crippen molar-refractivity contribution in [1.29, 1.82) is 0 Å². The topological polar surface area (TPSA) is 26.3 Å². The molecule has 2 aromatic rings. The van der Waals surface area contributed by atoms with E-state index in [4.69, 9.17) is 4.74 Å². The highest BCUT2D eigenvalue weighted by Crippen LogP contribution is 2.28. The minimum Gasteiger partial charge on any atom is -0.426 e. The standard InChI is InChI=1S/C21H25BrO2/c1-14-12-18(22)13-15(2)20(14)24-19(23)11-8-16-6-9-17(10-7-16)21(3,4)5/h6-7,9-10,12-13H,8,11H2,1-5H3. The molecule has 0 N–H and O–H groups in total. The number of hydrogen-bond donors (Lipinski definition) is 0. The Kier molecular flexibility index (Phi) is 5.87. The van der Waals surface area contributed by atoms with E-state index < -0.39 is 0 Å². The van der Waals surface area contributed by atoms with Crippen LogP contribution in [-0.4, -0.2) is 5.97 Å². The van der Waals surface area contributed by atoms with Crippen LogP contribution in [0.25, 0.3) is 0 Å². The molecular formula is C21H25BrO2. The van der Waals surface area contributed by atoms with Crippen molar-refractivity contribution in [2.75, 3.05) is 0 Å². The second-order valence-corrected chi connectivity index (χ2v) is 8.21. The highest BCUT2D eigenvalue weighted by atomic mass is 79.9. The molecule has 0 aromatic heterocycles. The molecule has 24 heavy (non-hydrogen) atoms. The van der Waals surface area contributed by atoms with Gasteiger partial charge in [0.05, 0.1) is 0 Å². The molecule has 0 radical (unpaired) electrons. The highest BCUT2D eigenvalue weighted by molar-refractivity contribution is 9.10. The van der Waals surface area contributed by atoms with Crippen molar-refractivity contribution >= 4 is 21.9 Å². The number of ether oxygens (including phenoxy) is 1. The van der Waals surface area contributed by atoms with Gasteiger partial charge in [-0.05, 0) is 60.1 Å². The van der Waals surface area contributed by atoms with E-state index in [-0.39, 0.29) is 11.4 Å². The summed E-state index contributed by atoms with van der Waals surface area (Å²) in [7, 11) is 0. The first-order valence-corrected chi connectivity index (χ1v) is 9.03. The van der Waals surface area contributed by atoms with Crippen LogP contribution in [-0.2, 0) is 16.6 Å². The summed E-state index contributed by atoms with van der Waals surface area (Å²) in [4.78, 5) is 12.2. The fourth-order valence-corrected chi connectivity index (χ4v) is 3.33. The molecular weight excluding hydrogens is 364 g/mol. The number of rotatable bonds is 4. The van der Waals surface area contributed by atoms with Crippen LogP contribution >= 0.6 is 15.9 Å². The molecule has 0 aliphatic heterocycles. The van der Waals surface area contributed by atoms with Crippen molar-refractivity contribution in [1.82, 2.24) is 0 Å². The number of carbonyl (C=O) groups excluding carboxylic acids is 1. The van der Waals surface area contributed by atoms with E-state index >= 15 is 0 Å². The van der Waals surface area contributed by atoms with Gasteiger partial charge >= 0.3 is 5.97 Å². The maximum atomic E-state index is 12.2. The smallest absolute Gasteiger partial charge is 0.311 e. The zero-order valence-electron chi connectivity index (χ0n) is 15.1. The number of carbonyl (C=O) groups is 1. The Bertz CT molecular complexity index is 701. The summed E-state index contributed by atoms with van der Waals surface area (Å²) in [5.74, 6) is 0.481. The average Bonchev–Trinajstić information content (AvgIpc) is 2.48. The summed E-state index contributed by atoms with van der Waals surface area (Å²) in [6, 6.07) is 12.4. The predicted molar refractivity (Wildman–Crippen MR) is 103 cm³/mol. The predicted octanol–water partition coefficient (Wildman–Crippen LogP) is 5.90. The molecule has 0 spiro atoms. The number of benzene rings is 2. The van der Waals surface area contributed by atoms with Gasteiger partial charge in [0.1, 0.15) is 5.75 Å². The fourth-order valence-electron chi connectivity index (χ4n) is 2.64. The van der Waals surface area contributed by atoms with E-state index in [1.54, 1.807) is 0 Å². The lowest BCUT2D eigenvalue weighted by Crippen LogP contribution is -2.12. The van der Waals surface area contributed by atoms with Crippen molar-refractivity contribution in [2.45, 2.75) is 52.9 Å². The van der Waals surface area contributed by atoms with Gasteiger partial charge in [-0.2, -0.15) is 0 Å². The van der Waals surface area contributed by atoms with E-state index in [2.05, 4.69) is 61.0 Å². The zero-order valence-corrected chi connectivity index (χ0v) is 16.7. The Hall–Kier alpha value is -1.61. The van der Waals surface area contributed by atoms with Crippen molar-refractivity contribution in [3.05, 3.63) is 63.1 Å². The fraction of sp³-hybridized carbons (Fsp3) is 0.381. The summed E-state index contributed by atoms with van der Waals surface area (Å²) < 4.78 is 6.57. The Balaban J connectivity index is 1.97. The Morgan fingerprint density at radius 3 is 2.08 bits per heavy atom. The monoisotopic (exact) mass is 388 g/mol. The molecule has 0 saturated heterocycles. The SMILES string of the molecule is Cc1cc(Br)cc(C)c1OC(=O)CCc1ccc(C(C)(C)C)cc1. The minimum absolute atomic E-state index is 0.147. The third kappa shape index (κ3) is 4.94. The van der Waals surface area contributed by atoms with Gasteiger partial charge in [-0.25, -0.2) is 0 Å². The van der Waals surface area contributed by atoms with Crippen LogP contribution in [0.1, 0.15) is 49.4 Å². The lowest BCUT2D eigenvalue weighted by molar-refractivity contribution is -0.134. The molecule has 2 aromatic carbocycles. The summed E-state index contributed by atoms with van der Waals surface area (Å²) in [6.45, 7) is 10.5. The summed E-state index contributed by atoms with van der Waals surface area (Å²) in [6.07, 6.45) is 1.07. The molecule has 0 amide bonds. The Morgan fingerprint density at radius 2 is 1.58 bits per heavy atom. The quantitative estimate of drug-likeness (QED) is 0.481. The maximum absolute atomic E-state index is 12.2. The summed E-state index contributed by atoms with van der Waals surface area (Å²) in [5, 5.41) is 0. The second kappa shape index (κ2) is 7.52. The summed E-state index contributed by atoms with van der Waals surface area (Å²) in [5.41, 5.74) is 4.53.